The molecule has 134 valence electrons. The van der Waals surface area contributed by atoms with E-state index in [1.54, 1.807) is 23.0 Å². The second-order valence-electron chi connectivity index (χ2n) is 6.43. The van der Waals surface area contributed by atoms with Crippen molar-refractivity contribution in [2.24, 2.45) is 0 Å². The van der Waals surface area contributed by atoms with E-state index >= 15 is 0 Å². The zero-order valence-electron chi connectivity index (χ0n) is 14.3. The molecule has 0 unspecified atom stereocenters. The second kappa shape index (κ2) is 6.70. The number of amides is 1. The summed E-state index contributed by atoms with van der Waals surface area (Å²) < 4.78 is 19.8. The van der Waals surface area contributed by atoms with Crippen molar-refractivity contribution in [2.45, 2.75) is 38.6 Å². The first kappa shape index (κ1) is 16.4. The van der Waals surface area contributed by atoms with E-state index in [9.17, 15) is 9.18 Å². The van der Waals surface area contributed by atoms with Gasteiger partial charge in [0.2, 0.25) is 5.82 Å². The number of aromatic nitrogens is 4. The Morgan fingerprint density at radius 3 is 2.73 bits per heavy atom. The molecule has 26 heavy (non-hydrogen) atoms. The Morgan fingerprint density at radius 2 is 2.00 bits per heavy atom. The molecule has 0 saturated heterocycles. The maximum Gasteiger partial charge on any atom is 0.316 e. The van der Waals surface area contributed by atoms with Gasteiger partial charge in [-0.15, -0.1) is 0 Å². The first-order valence-corrected chi connectivity index (χ1v) is 8.57. The molecule has 2 aromatic heterocycles. The van der Waals surface area contributed by atoms with E-state index in [1.807, 2.05) is 6.92 Å². The molecule has 0 radical (unpaired) electrons. The number of carbonyl (C=O) groups is 1. The van der Waals surface area contributed by atoms with Crippen LogP contribution in [-0.4, -0.2) is 31.9 Å². The summed E-state index contributed by atoms with van der Waals surface area (Å²) in [5.74, 6) is -0.415. The number of rotatable bonds is 4. The minimum absolute atomic E-state index is 0.0548. The molecular weight excluding hydrogens is 337 g/mol. The molecule has 8 heteroatoms. The average molecular weight is 355 g/mol. The topological polar surface area (TPSA) is 85.8 Å². The van der Waals surface area contributed by atoms with Crippen LogP contribution in [0.2, 0.25) is 0 Å². The highest BCUT2D eigenvalue weighted by molar-refractivity contribution is 5.90. The fourth-order valence-corrected chi connectivity index (χ4v) is 3.15. The molecule has 1 fully saturated rings. The Morgan fingerprint density at radius 1 is 1.27 bits per heavy atom. The minimum atomic E-state index is -0.348. The Kier molecular flexibility index (Phi) is 4.24. The van der Waals surface area contributed by atoms with Crippen molar-refractivity contribution >= 4 is 5.91 Å². The van der Waals surface area contributed by atoms with E-state index in [2.05, 4.69) is 20.6 Å². The van der Waals surface area contributed by atoms with Crippen LogP contribution in [0.1, 0.15) is 42.1 Å². The number of aryl methyl sites for hydroxylation is 1. The molecule has 0 atom stereocenters. The lowest BCUT2D eigenvalue weighted by Crippen LogP contribution is -2.32. The van der Waals surface area contributed by atoms with Crippen LogP contribution < -0.4 is 5.32 Å². The van der Waals surface area contributed by atoms with E-state index in [1.165, 1.54) is 12.1 Å². The largest absolute Gasteiger partial charge is 0.345 e. The van der Waals surface area contributed by atoms with Crippen LogP contribution >= 0.6 is 0 Å². The summed E-state index contributed by atoms with van der Waals surface area (Å²) in [7, 11) is 0. The molecule has 1 aliphatic carbocycles. The highest BCUT2D eigenvalue weighted by atomic mass is 19.1. The number of hydrogen-bond acceptors (Lipinski definition) is 5. The predicted octanol–water partition coefficient (Wildman–Crippen LogP) is 3.04. The van der Waals surface area contributed by atoms with E-state index in [4.69, 9.17) is 4.52 Å². The standard InChI is InChI=1S/C18H18FN5O2/c1-11-15(10-24(22-11)14-8-6-12(19)7-9-14)16-21-18(26-23-16)17(25)20-13-4-2-3-5-13/h6-10,13H,2-5H2,1H3,(H,20,25). The summed E-state index contributed by atoms with van der Waals surface area (Å²) in [4.78, 5) is 16.4. The summed E-state index contributed by atoms with van der Waals surface area (Å²) in [6, 6.07) is 6.17. The first-order chi connectivity index (χ1) is 12.6. The van der Waals surface area contributed by atoms with Crippen molar-refractivity contribution in [1.82, 2.24) is 25.2 Å². The van der Waals surface area contributed by atoms with Gasteiger partial charge >= 0.3 is 11.8 Å². The van der Waals surface area contributed by atoms with Crippen LogP contribution in [0.5, 0.6) is 0 Å². The maximum absolute atomic E-state index is 13.1. The van der Waals surface area contributed by atoms with Crippen LogP contribution in [0.3, 0.4) is 0 Å². The number of hydrogen-bond donors (Lipinski definition) is 1. The molecule has 1 saturated carbocycles. The first-order valence-electron chi connectivity index (χ1n) is 8.57. The van der Waals surface area contributed by atoms with Crippen molar-refractivity contribution in [2.75, 3.05) is 0 Å². The van der Waals surface area contributed by atoms with Crippen molar-refractivity contribution in [3.8, 4) is 17.1 Å². The van der Waals surface area contributed by atoms with Crippen LogP contribution in [0.25, 0.3) is 17.1 Å². The van der Waals surface area contributed by atoms with Gasteiger partial charge in [0.1, 0.15) is 5.82 Å². The maximum atomic E-state index is 13.1. The van der Waals surface area contributed by atoms with E-state index in [0.29, 0.717) is 22.8 Å². The van der Waals surface area contributed by atoms with Gasteiger partial charge in [-0.05, 0) is 44.0 Å². The molecule has 0 spiro atoms. The third-order valence-electron chi connectivity index (χ3n) is 4.54. The van der Waals surface area contributed by atoms with Gasteiger partial charge < -0.3 is 9.84 Å². The van der Waals surface area contributed by atoms with E-state index in [-0.39, 0.29) is 23.7 Å². The molecule has 0 aliphatic heterocycles. The molecule has 4 rings (SSSR count). The lowest BCUT2D eigenvalue weighted by atomic mass is 10.2. The lowest BCUT2D eigenvalue weighted by molar-refractivity contribution is 0.0893. The zero-order valence-corrected chi connectivity index (χ0v) is 14.3. The Labute approximate surface area is 149 Å². The monoisotopic (exact) mass is 355 g/mol. The second-order valence-corrected chi connectivity index (χ2v) is 6.43. The van der Waals surface area contributed by atoms with Gasteiger partial charge in [0.25, 0.3) is 0 Å². The van der Waals surface area contributed by atoms with Gasteiger partial charge in [-0.2, -0.15) is 10.1 Å². The predicted molar refractivity (Wildman–Crippen MR) is 91.3 cm³/mol. The number of nitrogens with one attached hydrogen (secondary N) is 1. The number of nitrogens with zero attached hydrogens (tertiary/aromatic N) is 4. The smallest absolute Gasteiger partial charge is 0.316 e. The normalized spacial score (nSPS) is 14.7. The number of carbonyl (C=O) groups excluding carboxylic acids is 1. The number of halogens is 1. The van der Waals surface area contributed by atoms with Gasteiger partial charge in [-0.25, -0.2) is 9.07 Å². The quantitative estimate of drug-likeness (QED) is 0.777. The van der Waals surface area contributed by atoms with Crippen LogP contribution in [0.15, 0.2) is 35.0 Å². The molecule has 1 aromatic carbocycles. The van der Waals surface area contributed by atoms with Crippen molar-refractivity contribution in [3.05, 3.63) is 47.9 Å². The molecule has 1 N–H and O–H groups in total. The van der Waals surface area contributed by atoms with Gasteiger partial charge in [-0.1, -0.05) is 18.0 Å². The molecule has 2 heterocycles. The molecule has 3 aromatic rings. The molecular formula is C18H18FN5O2. The summed E-state index contributed by atoms with van der Waals surface area (Å²) in [6.07, 6.45) is 5.95. The summed E-state index contributed by atoms with van der Waals surface area (Å²) in [6.45, 7) is 1.81. The highest BCUT2D eigenvalue weighted by Gasteiger charge is 2.23. The molecule has 1 amide bonds. The summed E-state index contributed by atoms with van der Waals surface area (Å²) >= 11 is 0. The lowest BCUT2D eigenvalue weighted by Gasteiger charge is -2.08. The van der Waals surface area contributed by atoms with Gasteiger partial charge in [0.05, 0.1) is 16.9 Å². The van der Waals surface area contributed by atoms with Gasteiger partial charge in [0.15, 0.2) is 0 Å². The molecule has 0 bridgehead atoms. The van der Waals surface area contributed by atoms with Crippen LogP contribution in [0.4, 0.5) is 4.39 Å². The summed E-state index contributed by atoms with van der Waals surface area (Å²) in [5, 5.41) is 11.2. The van der Waals surface area contributed by atoms with E-state index in [0.717, 1.165) is 25.7 Å². The van der Waals surface area contributed by atoms with Crippen molar-refractivity contribution in [3.63, 3.8) is 0 Å². The van der Waals surface area contributed by atoms with Crippen LogP contribution in [0, 0.1) is 12.7 Å². The fourth-order valence-electron chi connectivity index (χ4n) is 3.15. The summed E-state index contributed by atoms with van der Waals surface area (Å²) in [5.41, 5.74) is 2.04. The molecule has 1 aliphatic rings. The SMILES string of the molecule is Cc1nn(-c2ccc(F)cc2)cc1-c1noc(C(=O)NC2CCCC2)n1. The Hall–Kier alpha value is -3.03. The van der Waals surface area contributed by atoms with Crippen molar-refractivity contribution in [1.29, 1.82) is 0 Å². The van der Waals surface area contributed by atoms with Crippen molar-refractivity contribution < 1.29 is 13.7 Å². The van der Waals surface area contributed by atoms with Gasteiger partial charge in [0, 0.05) is 12.2 Å². The third-order valence-corrected chi connectivity index (χ3v) is 4.54. The van der Waals surface area contributed by atoms with Gasteiger partial charge in [-0.3, -0.25) is 4.79 Å². The van der Waals surface area contributed by atoms with E-state index < -0.39 is 0 Å². The Bertz CT molecular complexity index is 925. The van der Waals surface area contributed by atoms with Crippen LogP contribution in [-0.2, 0) is 0 Å². The third kappa shape index (κ3) is 3.22. The highest BCUT2D eigenvalue weighted by Crippen LogP contribution is 2.22. The fraction of sp³-hybridized carbons (Fsp3) is 0.333. The molecule has 7 nitrogen and oxygen atoms in total. The average Bonchev–Trinajstić information content (AvgIpc) is 3.36. The Balaban J connectivity index is 1.55. The zero-order chi connectivity index (χ0) is 18.1. The minimum Gasteiger partial charge on any atom is -0.345 e. The number of benzene rings is 1.